The summed E-state index contributed by atoms with van der Waals surface area (Å²) in [5, 5.41) is 0. The third kappa shape index (κ3) is 3.88. The number of carbonyl (C=O) groups is 1. The third-order valence-electron chi connectivity index (χ3n) is 6.06. The Labute approximate surface area is 155 Å². The fourth-order valence-electron chi connectivity index (χ4n) is 4.52. The minimum atomic E-state index is 0.0725. The summed E-state index contributed by atoms with van der Waals surface area (Å²) in [5.41, 5.74) is 0. The Bertz CT molecular complexity index is 650. The van der Waals surface area contributed by atoms with E-state index in [9.17, 15) is 4.79 Å². The number of rotatable bonds is 6. The van der Waals surface area contributed by atoms with Gasteiger partial charge in [-0.3, -0.25) is 9.69 Å². The number of benzene rings is 1. The second kappa shape index (κ2) is 7.70. The van der Waals surface area contributed by atoms with Crippen LogP contribution in [0.5, 0.6) is 11.5 Å². The average Bonchev–Trinajstić information content (AvgIpc) is 3.30. The van der Waals surface area contributed by atoms with E-state index in [2.05, 4.69) is 17.1 Å². The van der Waals surface area contributed by atoms with Gasteiger partial charge in [0.25, 0.3) is 5.91 Å². The van der Waals surface area contributed by atoms with Crippen molar-refractivity contribution in [3.8, 4) is 11.5 Å². The molecule has 0 spiro atoms. The van der Waals surface area contributed by atoms with Crippen molar-refractivity contribution in [1.29, 1.82) is 0 Å². The lowest BCUT2D eigenvalue weighted by atomic mass is 9.93. The normalized spacial score (nSPS) is 27.7. The highest BCUT2D eigenvalue weighted by molar-refractivity contribution is 5.77. The van der Waals surface area contributed by atoms with Gasteiger partial charge in [-0.25, -0.2) is 0 Å². The summed E-state index contributed by atoms with van der Waals surface area (Å²) in [4.78, 5) is 16.9. The van der Waals surface area contributed by atoms with Crippen molar-refractivity contribution in [2.45, 2.75) is 12.8 Å². The Kier molecular flexibility index (Phi) is 5.16. The summed E-state index contributed by atoms with van der Waals surface area (Å²) >= 11 is 0. The molecule has 4 rings (SSSR count). The lowest BCUT2D eigenvalue weighted by molar-refractivity contribution is -0.135. The van der Waals surface area contributed by atoms with E-state index in [-0.39, 0.29) is 12.5 Å². The first-order valence-corrected chi connectivity index (χ1v) is 9.66. The first-order chi connectivity index (χ1) is 12.7. The Balaban J connectivity index is 1.19. The van der Waals surface area contributed by atoms with Crippen LogP contribution in [0.3, 0.4) is 0 Å². The molecule has 1 aliphatic heterocycles. The largest absolute Gasteiger partial charge is 0.497 e. The molecule has 2 bridgehead atoms. The highest BCUT2D eigenvalue weighted by atomic mass is 16.5. The zero-order valence-electron chi connectivity index (χ0n) is 15.5. The van der Waals surface area contributed by atoms with E-state index < -0.39 is 0 Å². The number of fused-ring (bicyclic) bond motifs is 2. The SMILES string of the molecule is COc1ccc(OCC(=O)N2CCN(C[C@H]3C[C@H]4C=C[C@H]3C4)CC2)cc1. The molecule has 2 fully saturated rings. The smallest absolute Gasteiger partial charge is 0.260 e. The van der Waals surface area contributed by atoms with Crippen LogP contribution in [0.1, 0.15) is 12.8 Å². The molecule has 2 aliphatic carbocycles. The molecular formula is C21H28N2O3. The van der Waals surface area contributed by atoms with Gasteiger partial charge in [-0.2, -0.15) is 0 Å². The zero-order valence-corrected chi connectivity index (χ0v) is 15.5. The van der Waals surface area contributed by atoms with E-state index in [0.717, 1.165) is 49.7 Å². The molecule has 0 aromatic heterocycles. The molecule has 1 aromatic rings. The van der Waals surface area contributed by atoms with Gasteiger partial charge in [0.2, 0.25) is 0 Å². The van der Waals surface area contributed by atoms with E-state index in [1.165, 1.54) is 19.4 Å². The lowest BCUT2D eigenvalue weighted by Crippen LogP contribution is -2.51. The number of carbonyl (C=O) groups excluding carboxylic acids is 1. The second-order valence-electron chi connectivity index (χ2n) is 7.69. The van der Waals surface area contributed by atoms with E-state index in [0.29, 0.717) is 5.75 Å². The van der Waals surface area contributed by atoms with Gasteiger partial charge in [-0.15, -0.1) is 0 Å². The molecular weight excluding hydrogens is 328 g/mol. The summed E-state index contributed by atoms with van der Waals surface area (Å²) in [6, 6.07) is 7.33. The van der Waals surface area contributed by atoms with Crippen molar-refractivity contribution in [3.05, 3.63) is 36.4 Å². The van der Waals surface area contributed by atoms with Crippen LogP contribution in [0.2, 0.25) is 0 Å². The van der Waals surface area contributed by atoms with E-state index >= 15 is 0 Å². The maximum Gasteiger partial charge on any atom is 0.260 e. The maximum atomic E-state index is 12.4. The van der Waals surface area contributed by atoms with E-state index in [1.54, 1.807) is 7.11 Å². The fourth-order valence-corrected chi connectivity index (χ4v) is 4.52. The molecule has 0 unspecified atom stereocenters. The maximum absolute atomic E-state index is 12.4. The molecule has 140 valence electrons. The Morgan fingerprint density at radius 1 is 1.04 bits per heavy atom. The molecule has 0 N–H and O–H groups in total. The Hall–Kier alpha value is -2.01. The number of amides is 1. The molecule has 3 atom stereocenters. The van der Waals surface area contributed by atoms with E-state index in [1.807, 2.05) is 29.2 Å². The summed E-state index contributed by atoms with van der Waals surface area (Å²) < 4.78 is 10.7. The Morgan fingerprint density at radius 2 is 1.77 bits per heavy atom. The average molecular weight is 356 g/mol. The minimum absolute atomic E-state index is 0.0725. The van der Waals surface area contributed by atoms with Gasteiger partial charge in [0.15, 0.2) is 6.61 Å². The van der Waals surface area contributed by atoms with Crippen LogP contribution in [0.4, 0.5) is 0 Å². The van der Waals surface area contributed by atoms with Gasteiger partial charge in [-0.1, -0.05) is 12.2 Å². The summed E-state index contributed by atoms with van der Waals surface area (Å²) in [7, 11) is 1.63. The van der Waals surface area contributed by atoms with Crippen LogP contribution in [0, 0.1) is 17.8 Å². The van der Waals surface area contributed by atoms with Gasteiger partial charge in [0.1, 0.15) is 11.5 Å². The van der Waals surface area contributed by atoms with Crippen LogP contribution in [0.25, 0.3) is 0 Å². The van der Waals surface area contributed by atoms with Crippen LogP contribution < -0.4 is 9.47 Å². The number of allylic oxidation sites excluding steroid dienone is 2. The predicted octanol–water partition coefficient (Wildman–Crippen LogP) is 2.43. The van der Waals surface area contributed by atoms with Gasteiger partial charge in [0.05, 0.1) is 7.11 Å². The monoisotopic (exact) mass is 356 g/mol. The number of nitrogens with zero attached hydrogens (tertiary/aromatic N) is 2. The predicted molar refractivity (Wildman–Crippen MR) is 100 cm³/mol. The molecule has 0 radical (unpaired) electrons. The highest BCUT2D eigenvalue weighted by Crippen LogP contribution is 2.43. The van der Waals surface area contributed by atoms with Crippen LogP contribution in [0.15, 0.2) is 36.4 Å². The van der Waals surface area contributed by atoms with Gasteiger partial charge in [-0.05, 0) is 54.9 Å². The van der Waals surface area contributed by atoms with Crippen LogP contribution >= 0.6 is 0 Å². The second-order valence-corrected chi connectivity index (χ2v) is 7.69. The van der Waals surface area contributed by atoms with Crippen LogP contribution in [-0.4, -0.2) is 62.1 Å². The molecule has 26 heavy (non-hydrogen) atoms. The van der Waals surface area contributed by atoms with E-state index in [4.69, 9.17) is 9.47 Å². The molecule has 5 heteroatoms. The number of hydrogen-bond donors (Lipinski definition) is 0. The lowest BCUT2D eigenvalue weighted by Gasteiger charge is -2.36. The Morgan fingerprint density at radius 3 is 2.38 bits per heavy atom. The molecule has 3 aliphatic rings. The topological polar surface area (TPSA) is 42.0 Å². The summed E-state index contributed by atoms with van der Waals surface area (Å²) in [6.07, 6.45) is 7.55. The van der Waals surface area contributed by atoms with Crippen molar-refractivity contribution < 1.29 is 14.3 Å². The van der Waals surface area contributed by atoms with Crippen molar-refractivity contribution in [1.82, 2.24) is 9.80 Å². The third-order valence-corrected chi connectivity index (χ3v) is 6.06. The quantitative estimate of drug-likeness (QED) is 0.734. The molecule has 1 amide bonds. The van der Waals surface area contributed by atoms with Gasteiger partial charge < -0.3 is 14.4 Å². The van der Waals surface area contributed by atoms with Gasteiger partial charge in [0, 0.05) is 32.7 Å². The van der Waals surface area contributed by atoms with Crippen LogP contribution in [-0.2, 0) is 4.79 Å². The fraction of sp³-hybridized carbons (Fsp3) is 0.571. The van der Waals surface area contributed by atoms with Crippen molar-refractivity contribution >= 4 is 5.91 Å². The molecule has 1 heterocycles. The van der Waals surface area contributed by atoms with Crippen molar-refractivity contribution in [2.75, 3.05) is 46.4 Å². The van der Waals surface area contributed by atoms with Crippen molar-refractivity contribution in [2.24, 2.45) is 17.8 Å². The number of hydrogen-bond acceptors (Lipinski definition) is 4. The molecule has 1 aromatic carbocycles. The number of methoxy groups -OCH3 is 1. The minimum Gasteiger partial charge on any atom is -0.497 e. The number of piperazine rings is 1. The highest BCUT2D eigenvalue weighted by Gasteiger charge is 2.36. The zero-order chi connectivity index (χ0) is 17.9. The molecule has 1 saturated heterocycles. The standard InChI is InChI=1S/C21H28N2O3/c1-25-19-4-6-20(7-5-19)26-15-21(24)23-10-8-22(9-11-23)14-18-13-16-2-3-17(18)12-16/h2-7,16-18H,8-15H2,1H3/t16-,17-,18+/m0/s1. The molecule has 1 saturated carbocycles. The van der Waals surface area contributed by atoms with Gasteiger partial charge >= 0.3 is 0 Å². The first-order valence-electron chi connectivity index (χ1n) is 9.66. The number of ether oxygens (including phenoxy) is 2. The molecule has 5 nitrogen and oxygen atoms in total. The first kappa shape index (κ1) is 17.4. The summed E-state index contributed by atoms with van der Waals surface area (Å²) in [5.74, 6) is 4.02. The van der Waals surface area contributed by atoms with Crippen molar-refractivity contribution in [3.63, 3.8) is 0 Å². The summed E-state index contributed by atoms with van der Waals surface area (Å²) in [6.45, 7) is 4.86.